The Hall–Kier alpha value is -1.61. The maximum absolute atomic E-state index is 13.1. The first-order chi connectivity index (χ1) is 11.2. The predicted octanol–water partition coefficient (Wildman–Crippen LogP) is 3.44. The molecule has 1 atom stereocenters. The number of thioether (sulfide) groups is 1. The fraction of sp³-hybridized carbons (Fsp3) is 0.333. The van der Waals surface area contributed by atoms with Crippen LogP contribution >= 0.6 is 11.8 Å². The molecule has 4 nitrogen and oxygen atoms in total. The van der Waals surface area contributed by atoms with Gasteiger partial charge in [-0.2, -0.15) is 13.2 Å². The number of hydrogen-bond donors (Lipinski definition) is 0. The minimum atomic E-state index is -4.59. The van der Waals surface area contributed by atoms with Gasteiger partial charge in [-0.3, -0.25) is 0 Å². The molecule has 9 heteroatoms. The van der Waals surface area contributed by atoms with Gasteiger partial charge in [-0.05, 0) is 12.5 Å². The van der Waals surface area contributed by atoms with E-state index in [1.165, 1.54) is 0 Å². The lowest BCUT2D eigenvalue weighted by atomic mass is 10.1. The van der Waals surface area contributed by atoms with Crippen LogP contribution in [0.5, 0.6) is 0 Å². The van der Waals surface area contributed by atoms with Crippen LogP contribution in [0, 0.1) is 0 Å². The topological polar surface area (TPSA) is 59.9 Å². The molecule has 128 valence electrons. The van der Waals surface area contributed by atoms with Crippen LogP contribution in [-0.2, 0) is 16.0 Å². The summed E-state index contributed by atoms with van der Waals surface area (Å²) < 4.78 is 62.3. The highest BCUT2D eigenvalue weighted by molar-refractivity contribution is 8.01. The highest BCUT2D eigenvalue weighted by Crippen LogP contribution is 2.34. The smallest absolute Gasteiger partial charge is 0.229 e. The third-order valence-electron chi connectivity index (χ3n) is 3.53. The summed E-state index contributed by atoms with van der Waals surface area (Å²) in [6.45, 7) is 0. The van der Waals surface area contributed by atoms with Crippen molar-refractivity contribution < 1.29 is 21.6 Å². The van der Waals surface area contributed by atoms with E-state index in [9.17, 15) is 21.6 Å². The van der Waals surface area contributed by atoms with E-state index < -0.39 is 21.7 Å². The Morgan fingerprint density at radius 3 is 2.42 bits per heavy atom. The minimum Gasteiger partial charge on any atom is -0.229 e. The minimum absolute atomic E-state index is 0.0502. The maximum atomic E-state index is 13.1. The van der Waals surface area contributed by atoms with Gasteiger partial charge in [0.1, 0.15) is 5.69 Å². The van der Waals surface area contributed by atoms with E-state index in [1.807, 2.05) is 0 Å². The molecular formula is C15H13F3N2O2S2. The number of hydrogen-bond acceptors (Lipinski definition) is 5. The van der Waals surface area contributed by atoms with Gasteiger partial charge in [0.05, 0.1) is 17.2 Å². The quantitative estimate of drug-likeness (QED) is 0.771. The fourth-order valence-corrected chi connectivity index (χ4v) is 5.81. The normalized spacial score (nSPS) is 20.2. The molecule has 2 heterocycles. The van der Waals surface area contributed by atoms with E-state index in [4.69, 9.17) is 0 Å². The van der Waals surface area contributed by atoms with Crippen LogP contribution in [0.2, 0.25) is 0 Å². The van der Waals surface area contributed by atoms with E-state index >= 15 is 0 Å². The van der Waals surface area contributed by atoms with Gasteiger partial charge >= 0.3 is 6.18 Å². The standard InChI is InChI=1S/C15H13F3N2O2S2/c16-15(17,18)13-8-12(10-4-2-1-3-5-10)19-14(20-13)23-11-6-7-24(21,22)9-11/h1-5,8,11H,6-7,9H2/t11-/m1/s1. The van der Waals surface area contributed by atoms with E-state index in [1.54, 1.807) is 30.3 Å². The van der Waals surface area contributed by atoms with E-state index in [-0.39, 0.29) is 27.6 Å². The Labute approximate surface area is 141 Å². The zero-order valence-corrected chi connectivity index (χ0v) is 14.0. The van der Waals surface area contributed by atoms with Gasteiger partial charge in [-0.1, -0.05) is 42.1 Å². The molecule has 0 radical (unpaired) electrons. The SMILES string of the molecule is O=S1(=O)CC[C@@H](Sc2nc(-c3ccccc3)cc(C(F)(F)F)n2)C1. The zero-order chi connectivity index (χ0) is 17.4. The third-order valence-corrected chi connectivity index (χ3v) is 6.64. The van der Waals surface area contributed by atoms with Gasteiger partial charge in [0.25, 0.3) is 0 Å². The molecule has 0 saturated carbocycles. The van der Waals surface area contributed by atoms with Crippen molar-refractivity contribution in [2.45, 2.75) is 23.0 Å². The average molecular weight is 374 g/mol. The van der Waals surface area contributed by atoms with Gasteiger partial charge in [0, 0.05) is 10.8 Å². The molecule has 1 aliphatic heterocycles. The van der Waals surface area contributed by atoms with Crippen molar-refractivity contribution in [2.75, 3.05) is 11.5 Å². The summed E-state index contributed by atoms with van der Waals surface area (Å²) in [4.78, 5) is 7.76. The summed E-state index contributed by atoms with van der Waals surface area (Å²) in [6.07, 6.45) is -4.20. The number of sulfone groups is 1. The number of aromatic nitrogens is 2. The Morgan fingerprint density at radius 2 is 1.83 bits per heavy atom. The predicted molar refractivity (Wildman–Crippen MR) is 85.4 cm³/mol. The molecular weight excluding hydrogens is 361 g/mol. The Bertz CT molecular complexity index is 840. The summed E-state index contributed by atoms with van der Waals surface area (Å²) in [7, 11) is -3.11. The molecule has 0 unspecified atom stereocenters. The van der Waals surface area contributed by atoms with Crippen molar-refractivity contribution in [1.82, 2.24) is 9.97 Å². The molecule has 0 spiro atoms. The van der Waals surface area contributed by atoms with Crippen molar-refractivity contribution in [3.8, 4) is 11.3 Å². The first-order valence-electron chi connectivity index (χ1n) is 7.12. The Morgan fingerprint density at radius 1 is 1.12 bits per heavy atom. The molecule has 0 amide bonds. The van der Waals surface area contributed by atoms with Crippen LogP contribution in [-0.4, -0.2) is 35.1 Å². The average Bonchev–Trinajstić information content (AvgIpc) is 2.86. The molecule has 3 rings (SSSR count). The molecule has 24 heavy (non-hydrogen) atoms. The van der Waals surface area contributed by atoms with Crippen LogP contribution < -0.4 is 0 Å². The van der Waals surface area contributed by atoms with Crippen LogP contribution in [0.4, 0.5) is 13.2 Å². The molecule has 0 aliphatic carbocycles. The largest absolute Gasteiger partial charge is 0.433 e. The highest BCUT2D eigenvalue weighted by Gasteiger charge is 2.35. The number of benzene rings is 1. The van der Waals surface area contributed by atoms with E-state index in [0.29, 0.717) is 12.0 Å². The zero-order valence-electron chi connectivity index (χ0n) is 12.3. The molecule has 0 bridgehead atoms. The number of halogens is 3. The summed E-state index contributed by atoms with van der Waals surface area (Å²) in [5.74, 6) is -0.00683. The van der Waals surface area contributed by atoms with Gasteiger partial charge in [0.2, 0.25) is 0 Å². The summed E-state index contributed by atoms with van der Waals surface area (Å²) in [5.41, 5.74) is -0.313. The summed E-state index contributed by atoms with van der Waals surface area (Å²) in [5, 5.41) is -0.368. The van der Waals surface area contributed by atoms with Gasteiger partial charge in [-0.15, -0.1) is 0 Å². The van der Waals surface area contributed by atoms with Gasteiger partial charge in [-0.25, -0.2) is 18.4 Å². The lowest BCUT2D eigenvalue weighted by Gasteiger charge is -2.12. The first-order valence-corrected chi connectivity index (χ1v) is 9.82. The second kappa shape index (κ2) is 6.36. The van der Waals surface area contributed by atoms with Crippen LogP contribution in [0.15, 0.2) is 41.6 Å². The fourth-order valence-electron chi connectivity index (χ4n) is 2.38. The molecule has 1 saturated heterocycles. The number of nitrogens with zero attached hydrogens (tertiary/aromatic N) is 2. The van der Waals surface area contributed by atoms with Crippen molar-refractivity contribution in [2.24, 2.45) is 0 Å². The molecule has 0 N–H and O–H groups in total. The number of alkyl halides is 3. The highest BCUT2D eigenvalue weighted by atomic mass is 32.2. The maximum Gasteiger partial charge on any atom is 0.433 e. The lowest BCUT2D eigenvalue weighted by molar-refractivity contribution is -0.141. The van der Waals surface area contributed by atoms with Crippen LogP contribution in [0.1, 0.15) is 12.1 Å². The Balaban J connectivity index is 1.96. The second-order valence-corrected chi connectivity index (χ2v) is 8.92. The van der Waals surface area contributed by atoms with Gasteiger partial charge < -0.3 is 0 Å². The molecule has 1 aromatic carbocycles. The van der Waals surface area contributed by atoms with Crippen molar-refractivity contribution >= 4 is 21.6 Å². The van der Waals surface area contributed by atoms with E-state index in [0.717, 1.165) is 17.8 Å². The molecule has 1 aliphatic rings. The number of rotatable bonds is 3. The molecule has 1 fully saturated rings. The lowest BCUT2D eigenvalue weighted by Crippen LogP contribution is -2.12. The molecule has 2 aromatic rings. The first kappa shape index (κ1) is 17.2. The van der Waals surface area contributed by atoms with Crippen molar-refractivity contribution in [1.29, 1.82) is 0 Å². The van der Waals surface area contributed by atoms with Crippen molar-refractivity contribution in [3.05, 3.63) is 42.1 Å². The summed E-state index contributed by atoms with van der Waals surface area (Å²) >= 11 is 0.991. The third kappa shape index (κ3) is 4.07. The molecule has 1 aromatic heterocycles. The second-order valence-electron chi connectivity index (χ2n) is 5.43. The van der Waals surface area contributed by atoms with E-state index in [2.05, 4.69) is 9.97 Å². The van der Waals surface area contributed by atoms with Gasteiger partial charge in [0.15, 0.2) is 15.0 Å². The van der Waals surface area contributed by atoms with Crippen LogP contribution in [0.25, 0.3) is 11.3 Å². The monoisotopic (exact) mass is 374 g/mol. The van der Waals surface area contributed by atoms with Crippen molar-refractivity contribution in [3.63, 3.8) is 0 Å². The Kier molecular flexibility index (Phi) is 4.56. The summed E-state index contributed by atoms with van der Waals surface area (Å²) in [6, 6.07) is 9.41. The van der Waals surface area contributed by atoms with Crippen LogP contribution in [0.3, 0.4) is 0 Å².